The van der Waals surface area contributed by atoms with Gasteiger partial charge in [0, 0.05) is 31.2 Å². The molecule has 0 radical (unpaired) electrons. The Labute approximate surface area is 140 Å². The summed E-state index contributed by atoms with van der Waals surface area (Å²) in [7, 11) is 1.90. The SMILES string of the molecule is Cc1ccc(N(C)C(=S)Oc2ccc3nccnc3c2)cc1C. The number of nitrogens with zero attached hydrogens (tertiary/aromatic N) is 3. The maximum Gasteiger partial charge on any atom is 0.269 e. The maximum atomic E-state index is 5.80. The first-order chi connectivity index (χ1) is 11.0. The summed E-state index contributed by atoms with van der Waals surface area (Å²) in [6, 6.07) is 11.8. The van der Waals surface area contributed by atoms with Crippen molar-refractivity contribution in [3.8, 4) is 5.75 Å². The summed E-state index contributed by atoms with van der Waals surface area (Å²) in [4.78, 5) is 10.4. The van der Waals surface area contributed by atoms with Crippen LogP contribution in [0.15, 0.2) is 48.8 Å². The molecule has 5 heteroatoms. The van der Waals surface area contributed by atoms with Crippen molar-refractivity contribution in [1.29, 1.82) is 0 Å². The molecule has 0 saturated heterocycles. The van der Waals surface area contributed by atoms with Gasteiger partial charge in [-0.25, -0.2) is 0 Å². The lowest BCUT2D eigenvalue weighted by Gasteiger charge is -2.20. The molecule has 3 rings (SSSR count). The van der Waals surface area contributed by atoms with E-state index in [0.717, 1.165) is 16.7 Å². The molecule has 0 N–H and O–H groups in total. The molecule has 0 aliphatic carbocycles. The summed E-state index contributed by atoms with van der Waals surface area (Å²) in [6.07, 6.45) is 3.33. The highest BCUT2D eigenvalue weighted by Crippen LogP contribution is 2.21. The predicted octanol–water partition coefficient (Wildman–Crippen LogP) is 4.05. The van der Waals surface area contributed by atoms with E-state index in [1.165, 1.54) is 11.1 Å². The summed E-state index contributed by atoms with van der Waals surface area (Å²) in [5.74, 6) is 0.652. The summed E-state index contributed by atoms with van der Waals surface area (Å²) >= 11 is 5.41. The Hall–Kier alpha value is -2.53. The number of rotatable bonds is 2. The van der Waals surface area contributed by atoms with Crippen LogP contribution in [0, 0.1) is 13.8 Å². The van der Waals surface area contributed by atoms with E-state index in [2.05, 4.69) is 35.9 Å². The van der Waals surface area contributed by atoms with Crippen LogP contribution < -0.4 is 9.64 Å². The molecule has 0 spiro atoms. The van der Waals surface area contributed by atoms with Crippen LogP contribution in [-0.2, 0) is 0 Å². The Balaban J connectivity index is 1.80. The number of hydrogen-bond acceptors (Lipinski definition) is 4. The molecule has 4 nitrogen and oxygen atoms in total. The van der Waals surface area contributed by atoms with Gasteiger partial charge in [-0.2, -0.15) is 0 Å². The average molecular weight is 323 g/mol. The quantitative estimate of drug-likeness (QED) is 0.665. The summed E-state index contributed by atoms with van der Waals surface area (Å²) < 4.78 is 5.80. The second kappa shape index (κ2) is 6.30. The van der Waals surface area contributed by atoms with Crippen molar-refractivity contribution in [3.63, 3.8) is 0 Å². The third kappa shape index (κ3) is 3.29. The smallest absolute Gasteiger partial charge is 0.269 e. The van der Waals surface area contributed by atoms with Gasteiger partial charge in [-0.15, -0.1) is 0 Å². The zero-order chi connectivity index (χ0) is 16.4. The largest absolute Gasteiger partial charge is 0.431 e. The van der Waals surface area contributed by atoms with Gasteiger partial charge in [-0.3, -0.25) is 9.97 Å². The highest BCUT2D eigenvalue weighted by Gasteiger charge is 2.11. The van der Waals surface area contributed by atoms with Gasteiger partial charge in [0.25, 0.3) is 5.17 Å². The zero-order valence-electron chi connectivity index (χ0n) is 13.3. The van der Waals surface area contributed by atoms with Crippen molar-refractivity contribution in [2.45, 2.75) is 13.8 Å². The van der Waals surface area contributed by atoms with E-state index in [0.29, 0.717) is 10.9 Å². The van der Waals surface area contributed by atoms with E-state index in [9.17, 15) is 0 Å². The molecule has 23 heavy (non-hydrogen) atoms. The van der Waals surface area contributed by atoms with E-state index in [4.69, 9.17) is 17.0 Å². The van der Waals surface area contributed by atoms with Gasteiger partial charge in [-0.1, -0.05) is 6.07 Å². The maximum absolute atomic E-state index is 5.80. The van der Waals surface area contributed by atoms with Crippen molar-refractivity contribution >= 4 is 34.1 Å². The van der Waals surface area contributed by atoms with Crippen LogP contribution >= 0.6 is 12.2 Å². The molecule has 0 unspecified atom stereocenters. The van der Waals surface area contributed by atoms with Crippen LogP contribution in [0.2, 0.25) is 0 Å². The Bertz CT molecular complexity index is 879. The Morgan fingerprint density at radius 1 is 0.957 bits per heavy atom. The van der Waals surface area contributed by atoms with Crippen LogP contribution in [0.25, 0.3) is 11.0 Å². The molecule has 0 amide bonds. The average Bonchev–Trinajstić information content (AvgIpc) is 2.56. The second-order valence-corrected chi connectivity index (χ2v) is 5.75. The molecular weight excluding hydrogens is 306 g/mol. The normalized spacial score (nSPS) is 10.6. The van der Waals surface area contributed by atoms with Crippen molar-refractivity contribution in [1.82, 2.24) is 9.97 Å². The second-order valence-electron chi connectivity index (χ2n) is 5.40. The minimum atomic E-state index is 0.386. The number of hydrogen-bond donors (Lipinski definition) is 0. The van der Waals surface area contributed by atoms with Crippen molar-refractivity contribution in [3.05, 3.63) is 59.9 Å². The molecule has 0 saturated carbocycles. The Morgan fingerprint density at radius 2 is 1.70 bits per heavy atom. The predicted molar refractivity (Wildman–Crippen MR) is 97.1 cm³/mol. The Morgan fingerprint density at radius 3 is 2.43 bits per heavy atom. The molecule has 0 aliphatic rings. The van der Waals surface area contributed by atoms with Gasteiger partial charge in [0.15, 0.2) is 0 Å². The van der Waals surface area contributed by atoms with Crippen molar-refractivity contribution in [2.24, 2.45) is 0 Å². The van der Waals surface area contributed by atoms with Gasteiger partial charge in [0.05, 0.1) is 11.0 Å². The monoisotopic (exact) mass is 323 g/mol. The number of fused-ring (bicyclic) bond motifs is 1. The number of ether oxygens (including phenoxy) is 1. The lowest BCUT2D eigenvalue weighted by atomic mass is 10.1. The van der Waals surface area contributed by atoms with E-state index in [1.807, 2.05) is 36.2 Å². The van der Waals surface area contributed by atoms with Crippen LogP contribution in [0.5, 0.6) is 5.75 Å². The van der Waals surface area contributed by atoms with Gasteiger partial charge >= 0.3 is 0 Å². The summed E-state index contributed by atoms with van der Waals surface area (Å²) in [5, 5.41) is 0.386. The van der Waals surface area contributed by atoms with Crippen LogP contribution in [0.3, 0.4) is 0 Å². The van der Waals surface area contributed by atoms with Crippen LogP contribution in [-0.4, -0.2) is 22.2 Å². The molecule has 0 aliphatic heterocycles. The van der Waals surface area contributed by atoms with Crippen LogP contribution in [0.4, 0.5) is 5.69 Å². The molecule has 0 fully saturated rings. The molecule has 2 aromatic carbocycles. The fraction of sp³-hybridized carbons (Fsp3) is 0.167. The van der Waals surface area contributed by atoms with Gasteiger partial charge in [0.2, 0.25) is 0 Å². The standard InChI is InChI=1S/C18H17N3OS/c1-12-4-5-14(10-13(12)2)21(3)18(23)22-15-6-7-16-17(11-15)20-9-8-19-16/h4-11H,1-3H3. The number of aromatic nitrogens is 2. The fourth-order valence-electron chi connectivity index (χ4n) is 2.22. The molecule has 0 atom stereocenters. The third-order valence-corrected chi connectivity index (χ3v) is 4.15. The highest BCUT2D eigenvalue weighted by molar-refractivity contribution is 7.80. The number of thiocarbonyl (C=S) groups is 1. The fourth-order valence-corrected chi connectivity index (χ4v) is 2.42. The molecule has 1 heterocycles. The first-order valence-corrected chi connectivity index (χ1v) is 7.69. The molecule has 116 valence electrons. The molecule has 3 aromatic rings. The summed E-state index contributed by atoms with van der Waals surface area (Å²) in [5.41, 5.74) is 5.08. The van der Waals surface area contributed by atoms with E-state index in [1.54, 1.807) is 12.4 Å². The number of anilines is 1. The lowest BCUT2D eigenvalue weighted by molar-refractivity contribution is 0.553. The van der Waals surface area contributed by atoms with Gasteiger partial charge < -0.3 is 9.64 Å². The summed E-state index contributed by atoms with van der Waals surface area (Å²) in [6.45, 7) is 4.17. The van der Waals surface area contributed by atoms with E-state index < -0.39 is 0 Å². The van der Waals surface area contributed by atoms with Gasteiger partial charge in [0.1, 0.15) is 5.75 Å². The first-order valence-electron chi connectivity index (χ1n) is 7.28. The molecule has 1 aromatic heterocycles. The molecule has 0 bridgehead atoms. The van der Waals surface area contributed by atoms with Crippen molar-refractivity contribution < 1.29 is 4.74 Å². The van der Waals surface area contributed by atoms with Gasteiger partial charge in [-0.05, 0) is 61.5 Å². The van der Waals surface area contributed by atoms with Crippen LogP contribution in [0.1, 0.15) is 11.1 Å². The lowest BCUT2D eigenvalue weighted by Crippen LogP contribution is -2.29. The first kappa shape index (κ1) is 15.4. The van der Waals surface area contributed by atoms with E-state index in [-0.39, 0.29) is 0 Å². The third-order valence-electron chi connectivity index (χ3n) is 3.80. The highest BCUT2D eigenvalue weighted by atomic mass is 32.1. The van der Waals surface area contributed by atoms with E-state index >= 15 is 0 Å². The minimum absolute atomic E-state index is 0.386. The number of aryl methyl sites for hydroxylation is 2. The topological polar surface area (TPSA) is 38.2 Å². The van der Waals surface area contributed by atoms with Crippen molar-refractivity contribution in [2.75, 3.05) is 11.9 Å². The zero-order valence-corrected chi connectivity index (χ0v) is 14.1. The Kier molecular flexibility index (Phi) is 4.21. The molecular formula is C18H17N3OS. The minimum Gasteiger partial charge on any atom is -0.431 e. The number of benzene rings is 2.